The Balaban J connectivity index is 1.81. The van der Waals surface area contributed by atoms with Crippen molar-refractivity contribution in [3.63, 3.8) is 0 Å². The van der Waals surface area contributed by atoms with Gasteiger partial charge in [-0.25, -0.2) is 0 Å². The van der Waals surface area contributed by atoms with Gasteiger partial charge in [-0.2, -0.15) is 0 Å². The third-order valence-corrected chi connectivity index (χ3v) is 4.32. The highest BCUT2D eigenvalue weighted by molar-refractivity contribution is 5.59. The van der Waals surface area contributed by atoms with Crippen LogP contribution < -0.4 is 15.8 Å². The fourth-order valence-electron chi connectivity index (χ4n) is 3.10. The molecule has 2 rings (SSSR count). The maximum absolute atomic E-state index is 5.94. The molecule has 1 aromatic rings. The van der Waals surface area contributed by atoms with Gasteiger partial charge in [-0.05, 0) is 38.2 Å². The van der Waals surface area contributed by atoms with Crippen molar-refractivity contribution in [2.75, 3.05) is 17.6 Å². The van der Waals surface area contributed by atoms with Crippen LogP contribution in [0.25, 0.3) is 0 Å². The number of rotatable bonds is 6. The van der Waals surface area contributed by atoms with Crippen molar-refractivity contribution in [1.29, 1.82) is 0 Å². The molecule has 0 saturated heterocycles. The van der Waals surface area contributed by atoms with Gasteiger partial charge in [0.25, 0.3) is 0 Å². The average molecular weight is 290 g/mol. The van der Waals surface area contributed by atoms with Gasteiger partial charge in [-0.3, -0.25) is 0 Å². The molecule has 3 nitrogen and oxygen atoms in total. The Labute approximate surface area is 129 Å². The molecule has 0 aromatic heterocycles. The summed E-state index contributed by atoms with van der Waals surface area (Å²) in [5, 5.41) is 3.50. The fraction of sp³-hybridized carbons (Fsp3) is 0.667. The Kier molecular flexibility index (Phi) is 5.77. The molecule has 1 aliphatic carbocycles. The van der Waals surface area contributed by atoms with Gasteiger partial charge < -0.3 is 15.8 Å². The van der Waals surface area contributed by atoms with Crippen LogP contribution in [0.5, 0.6) is 5.75 Å². The van der Waals surface area contributed by atoms with E-state index >= 15 is 0 Å². The topological polar surface area (TPSA) is 47.3 Å². The van der Waals surface area contributed by atoms with Gasteiger partial charge in [0.15, 0.2) is 0 Å². The molecule has 0 atom stereocenters. The first-order valence-electron chi connectivity index (χ1n) is 8.34. The molecular weight excluding hydrogens is 260 g/mol. The molecule has 1 fully saturated rings. The van der Waals surface area contributed by atoms with Crippen molar-refractivity contribution >= 4 is 11.4 Å². The van der Waals surface area contributed by atoms with E-state index in [1.807, 2.05) is 32.0 Å². The van der Waals surface area contributed by atoms with Gasteiger partial charge in [0.05, 0.1) is 6.10 Å². The van der Waals surface area contributed by atoms with Crippen LogP contribution in [0.3, 0.4) is 0 Å². The van der Waals surface area contributed by atoms with Crippen molar-refractivity contribution < 1.29 is 4.74 Å². The highest BCUT2D eigenvalue weighted by atomic mass is 16.5. The van der Waals surface area contributed by atoms with Gasteiger partial charge in [0, 0.05) is 30.1 Å². The molecular formula is C18H30N2O. The van der Waals surface area contributed by atoms with E-state index in [4.69, 9.17) is 10.5 Å². The number of anilines is 2. The highest BCUT2D eigenvalue weighted by Crippen LogP contribution is 2.30. The SMILES string of the molecule is CC1CCC(CCNc2cc(N)cc(OC(C)C)c2)CC1. The van der Waals surface area contributed by atoms with E-state index in [9.17, 15) is 0 Å². The Morgan fingerprint density at radius 3 is 2.57 bits per heavy atom. The number of hydrogen-bond donors (Lipinski definition) is 2. The van der Waals surface area contributed by atoms with E-state index in [1.54, 1.807) is 0 Å². The summed E-state index contributed by atoms with van der Waals surface area (Å²) in [7, 11) is 0. The van der Waals surface area contributed by atoms with Crippen LogP contribution in [0.1, 0.15) is 52.9 Å². The molecule has 0 unspecified atom stereocenters. The molecule has 0 radical (unpaired) electrons. The Bertz CT molecular complexity index is 437. The molecule has 3 heteroatoms. The first-order chi connectivity index (χ1) is 10.0. The molecule has 1 aliphatic rings. The summed E-state index contributed by atoms with van der Waals surface area (Å²) in [6, 6.07) is 5.91. The van der Waals surface area contributed by atoms with E-state index in [0.29, 0.717) is 0 Å². The van der Waals surface area contributed by atoms with E-state index in [-0.39, 0.29) is 6.10 Å². The van der Waals surface area contributed by atoms with Crippen LogP contribution in [-0.4, -0.2) is 12.6 Å². The minimum Gasteiger partial charge on any atom is -0.491 e. The average Bonchev–Trinajstić information content (AvgIpc) is 2.39. The maximum atomic E-state index is 5.94. The van der Waals surface area contributed by atoms with Gasteiger partial charge in [0.2, 0.25) is 0 Å². The zero-order chi connectivity index (χ0) is 15.2. The number of ether oxygens (including phenoxy) is 1. The van der Waals surface area contributed by atoms with E-state index in [1.165, 1.54) is 32.1 Å². The summed E-state index contributed by atoms with van der Waals surface area (Å²) >= 11 is 0. The summed E-state index contributed by atoms with van der Waals surface area (Å²) in [4.78, 5) is 0. The first-order valence-corrected chi connectivity index (χ1v) is 8.34. The fourth-order valence-corrected chi connectivity index (χ4v) is 3.10. The lowest BCUT2D eigenvalue weighted by Gasteiger charge is -2.26. The quantitative estimate of drug-likeness (QED) is 0.747. The monoisotopic (exact) mass is 290 g/mol. The van der Waals surface area contributed by atoms with Crippen molar-refractivity contribution in [3.05, 3.63) is 18.2 Å². The second-order valence-electron chi connectivity index (χ2n) is 6.80. The summed E-state index contributed by atoms with van der Waals surface area (Å²) < 4.78 is 5.72. The molecule has 1 aromatic carbocycles. The predicted octanol–water partition coefficient (Wildman–Crippen LogP) is 4.68. The summed E-state index contributed by atoms with van der Waals surface area (Å²) in [6.45, 7) is 7.45. The highest BCUT2D eigenvalue weighted by Gasteiger charge is 2.17. The van der Waals surface area contributed by atoms with Gasteiger partial charge in [-0.15, -0.1) is 0 Å². The predicted molar refractivity (Wildman–Crippen MR) is 90.8 cm³/mol. The molecule has 3 N–H and O–H groups in total. The zero-order valence-electron chi connectivity index (χ0n) is 13.7. The van der Waals surface area contributed by atoms with Crippen LogP contribution in [0.15, 0.2) is 18.2 Å². The Morgan fingerprint density at radius 2 is 1.90 bits per heavy atom. The third kappa shape index (κ3) is 5.49. The van der Waals surface area contributed by atoms with Gasteiger partial charge in [-0.1, -0.05) is 32.6 Å². The smallest absolute Gasteiger partial charge is 0.123 e. The summed E-state index contributed by atoms with van der Waals surface area (Å²) in [5.41, 5.74) is 7.76. The van der Waals surface area contributed by atoms with Gasteiger partial charge in [0.1, 0.15) is 5.75 Å². The Hall–Kier alpha value is -1.38. The summed E-state index contributed by atoms with van der Waals surface area (Å²) in [6.07, 6.45) is 7.00. The normalized spacial score (nSPS) is 22.3. The van der Waals surface area contributed by atoms with Crippen molar-refractivity contribution in [2.24, 2.45) is 11.8 Å². The van der Waals surface area contributed by atoms with Gasteiger partial charge >= 0.3 is 0 Å². The number of nitrogen functional groups attached to an aromatic ring is 1. The van der Waals surface area contributed by atoms with Crippen molar-refractivity contribution in [2.45, 2.75) is 59.0 Å². The van der Waals surface area contributed by atoms with E-state index < -0.39 is 0 Å². The maximum Gasteiger partial charge on any atom is 0.123 e. The molecule has 0 heterocycles. The largest absolute Gasteiger partial charge is 0.491 e. The minimum atomic E-state index is 0.170. The van der Waals surface area contributed by atoms with Crippen LogP contribution >= 0.6 is 0 Å². The second-order valence-corrected chi connectivity index (χ2v) is 6.80. The molecule has 1 saturated carbocycles. The third-order valence-electron chi connectivity index (χ3n) is 4.32. The number of nitrogens with two attached hydrogens (primary N) is 1. The van der Waals surface area contributed by atoms with Crippen LogP contribution in [0, 0.1) is 11.8 Å². The minimum absolute atomic E-state index is 0.170. The van der Waals surface area contributed by atoms with Crippen LogP contribution in [-0.2, 0) is 0 Å². The van der Waals surface area contributed by atoms with E-state index in [0.717, 1.165) is 35.5 Å². The Morgan fingerprint density at radius 1 is 1.19 bits per heavy atom. The number of nitrogens with one attached hydrogen (secondary N) is 1. The number of hydrogen-bond acceptors (Lipinski definition) is 3. The summed E-state index contributed by atoms with van der Waals surface area (Å²) in [5.74, 6) is 2.67. The molecule has 0 amide bonds. The van der Waals surface area contributed by atoms with Crippen molar-refractivity contribution in [3.8, 4) is 5.75 Å². The molecule has 21 heavy (non-hydrogen) atoms. The molecule has 0 bridgehead atoms. The standard InChI is InChI=1S/C18H30N2O/c1-13(2)21-18-11-16(19)10-17(12-18)20-9-8-15-6-4-14(3)5-7-15/h10-15,20H,4-9,19H2,1-3H3. The van der Waals surface area contributed by atoms with Crippen LogP contribution in [0.2, 0.25) is 0 Å². The lowest BCUT2D eigenvalue weighted by atomic mass is 9.81. The van der Waals surface area contributed by atoms with E-state index in [2.05, 4.69) is 12.2 Å². The molecule has 0 spiro atoms. The van der Waals surface area contributed by atoms with Crippen molar-refractivity contribution in [1.82, 2.24) is 0 Å². The van der Waals surface area contributed by atoms with Crippen LogP contribution in [0.4, 0.5) is 11.4 Å². The first kappa shape index (κ1) is 16.0. The molecule has 118 valence electrons. The lowest BCUT2D eigenvalue weighted by molar-refractivity contribution is 0.242. The molecule has 0 aliphatic heterocycles. The lowest BCUT2D eigenvalue weighted by Crippen LogP contribution is -2.16. The zero-order valence-corrected chi connectivity index (χ0v) is 13.7. The second kappa shape index (κ2) is 7.58. The number of benzene rings is 1.